The molecule has 6 rings (SSSR count). The van der Waals surface area contributed by atoms with E-state index in [4.69, 9.17) is 9.47 Å². The molecule has 11 heteroatoms. The van der Waals surface area contributed by atoms with Crippen LogP contribution in [-0.4, -0.2) is 83.9 Å². The van der Waals surface area contributed by atoms with Crippen LogP contribution in [0.25, 0.3) is 10.9 Å². The molecule has 2 bridgehead atoms. The van der Waals surface area contributed by atoms with Crippen LogP contribution in [0.4, 0.5) is 0 Å². The van der Waals surface area contributed by atoms with E-state index in [2.05, 4.69) is 20.7 Å². The van der Waals surface area contributed by atoms with E-state index in [1.54, 1.807) is 30.3 Å². The summed E-state index contributed by atoms with van der Waals surface area (Å²) in [5.74, 6) is 0.174. The highest BCUT2D eigenvalue weighted by Crippen LogP contribution is 2.37. The number of pyridine rings is 1. The molecule has 2 aliphatic heterocycles. The number of fused-ring (bicyclic) bond motifs is 5. The molecule has 234 valence electrons. The largest absolute Gasteiger partial charge is 0.484 e. The summed E-state index contributed by atoms with van der Waals surface area (Å²) >= 11 is 0. The molecule has 1 atom stereocenters. The molecular formula is C34H38N6O5. The number of nitrogens with zero attached hydrogens (tertiary/aromatic N) is 4. The van der Waals surface area contributed by atoms with Gasteiger partial charge in [0.05, 0.1) is 17.5 Å². The van der Waals surface area contributed by atoms with Crippen molar-refractivity contribution in [3.63, 3.8) is 0 Å². The quantitative estimate of drug-likeness (QED) is 0.322. The summed E-state index contributed by atoms with van der Waals surface area (Å²) in [6.45, 7) is 2.21. The van der Waals surface area contributed by atoms with E-state index in [1.165, 1.54) is 0 Å². The molecule has 2 aliphatic rings. The lowest BCUT2D eigenvalue weighted by atomic mass is 9.74. The number of hydrogen-bond acceptors (Lipinski definition) is 7. The van der Waals surface area contributed by atoms with Crippen LogP contribution in [0.3, 0.4) is 0 Å². The van der Waals surface area contributed by atoms with Gasteiger partial charge in [0.25, 0.3) is 11.8 Å². The van der Waals surface area contributed by atoms with Crippen LogP contribution in [0.5, 0.6) is 5.75 Å². The van der Waals surface area contributed by atoms with Crippen LogP contribution < -0.4 is 15.4 Å². The second-order valence-electron chi connectivity index (χ2n) is 11.8. The zero-order valence-corrected chi connectivity index (χ0v) is 25.4. The Hall–Kier alpha value is -4.77. The lowest BCUT2D eigenvalue weighted by Crippen LogP contribution is -2.58. The zero-order chi connectivity index (χ0) is 31.2. The third kappa shape index (κ3) is 6.68. The number of ether oxygens (including phenoxy) is 2. The minimum absolute atomic E-state index is 0.00519. The molecule has 0 aliphatic carbocycles. The second kappa shape index (κ2) is 13.5. The van der Waals surface area contributed by atoms with Gasteiger partial charge in [-0.3, -0.25) is 24.0 Å². The minimum Gasteiger partial charge on any atom is -0.484 e. The maximum atomic E-state index is 14.6. The van der Waals surface area contributed by atoms with Crippen LogP contribution in [0, 0.1) is 5.41 Å². The number of rotatable bonds is 6. The average molecular weight is 611 g/mol. The molecule has 0 spiro atoms. The van der Waals surface area contributed by atoms with Gasteiger partial charge in [-0.1, -0.05) is 30.3 Å². The monoisotopic (exact) mass is 610 g/mol. The van der Waals surface area contributed by atoms with Gasteiger partial charge in [-0.15, -0.1) is 0 Å². The Kier molecular flexibility index (Phi) is 9.06. The van der Waals surface area contributed by atoms with E-state index < -0.39 is 5.41 Å². The third-order valence-electron chi connectivity index (χ3n) is 8.71. The minimum atomic E-state index is -0.953. The standard InChI is InChI=1S/C34H38N6O5/c1-44-17-5-12-34(33(43)39-20-26(21-39)25-10-13-35-14-11-25)19-24-6-4-7-27(18-24)45-22-30(41)36-15-16-40-31(32(42)37-23-34)28-8-2-3-9-29(28)38-40/h2-4,6-11,13-14,18,26H,5,12,15-17,19-23H2,1H3,(H,36,41)(H,37,42). The van der Waals surface area contributed by atoms with Crippen molar-refractivity contribution in [2.45, 2.75) is 31.7 Å². The van der Waals surface area contributed by atoms with E-state index >= 15 is 0 Å². The van der Waals surface area contributed by atoms with Crippen molar-refractivity contribution in [2.24, 2.45) is 5.41 Å². The Bertz CT molecular complexity index is 1670. The van der Waals surface area contributed by atoms with Gasteiger partial charge in [0, 0.05) is 63.6 Å². The molecule has 11 nitrogen and oxygen atoms in total. The number of methoxy groups -OCH3 is 1. The van der Waals surface area contributed by atoms with Gasteiger partial charge >= 0.3 is 0 Å². The van der Waals surface area contributed by atoms with Crippen molar-refractivity contribution in [2.75, 3.05) is 46.5 Å². The van der Waals surface area contributed by atoms with Crippen molar-refractivity contribution in [3.8, 4) is 5.75 Å². The number of nitrogens with one attached hydrogen (secondary N) is 2. The van der Waals surface area contributed by atoms with E-state index in [1.807, 2.05) is 59.5 Å². The Morgan fingerprint density at radius 3 is 2.71 bits per heavy atom. The third-order valence-corrected chi connectivity index (χ3v) is 8.71. The summed E-state index contributed by atoms with van der Waals surface area (Å²) in [7, 11) is 1.65. The van der Waals surface area contributed by atoms with Gasteiger partial charge in [-0.2, -0.15) is 5.10 Å². The number of amides is 3. The van der Waals surface area contributed by atoms with Gasteiger partial charge in [0.1, 0.15) is 11.4 Å². The molecule has 0 saturated carbocycles. The molecule has 1 saturated heterocycles. The normalized spacial score (nSPS) is 19.6. The number of aromatic nitrogens is 3. The van der Waals surface area contributed by atoms with E-state index in [0.717, 1.165) is 11.1 Å². The topological polar surface area (TPSA) is 128 Å². The first kappa shape index (κ1) is 30.3. The molecule has 45 heavy (non-hydrogen) atoms. The number of likely N-dealkylation sites (tertiary alicyclic amines) is 1. The predicted octanol–water partition coefficient (Wildman–Crippen LogP) is 2.95. The number of carbonyl (C=O) groups excluding carboxylic acids is 3. The lowest BCUT2D eigenvalue weighted by Gasteiger charge is -2.45. The maximum Gasteiger partial charge on any atom is 0.270 e. The smallest absolute Gasteiger partial charge is 0.270 e. The first-order valence-corrected chi connectivity index (χ1v) is 15.4. The maximum absolute atomic E-state index is 14.6. The second-order valence-corrected chi connectivity index (χ2v) is 11.8. The number of carbonyl (C=O) groups is 3. The molecule has 1 unspecified atom stereocenters. The predicted molar refractivity (Wildman–Crippen MR) is 168 cm³/mol. The molecule has 2 aromatic heterocycles. The average Bonchev–Trinajstić information content (AvgIpc) is 3.40. The highest BCUT2D eigenvalue weighted by Gasteiger charge is 2.45. The molecular weight excluding hydrogens is 572 g/mol. The van der Waals surface area contributed by atoms with Gasteiger partial charge in [0.2, 0.25) is 5.91 Å². The van der Waals surface area contributed by atoms with Gasteiger partial charge in [0.15, 0.2) is 6.61 Å². The molecule has 3 amide bonds. The van der Waals surface area contributed by atoms with Crippen LogP contribution in [0.15, 0.2) is 73.1 Å². The van der Waals surface area contributed by atoms with Crippen LogP contribution >= 0.6 is 0 Å². The van der Waals surface area contributed by atoms with Crippen molar-refractivity contribution in [1.82, 2.24) is 30.3 Å². The van der Waals surface area contributed by atoms with Gasteiger partial charge < -0.3 is 25.0 Å². The summed E-state index contributed by atoms with van der Waals surface area (Å²) < 4.78 is 12.9. The van der Waals surface area contributed by atoms with Crippen LogP contribution in [-0.2, 0) is 27.3 Å². The molecule has 2 N–H and O–H groups in total. The number of hydrogen-bond donors (Lipinski definition) is 2. The van der Waals surface area contributed by atoms with E-state index in [9.17, 15) is 14.4 Å². The van der Waals surface area contributed by atoms with Crippen molar-refractivity contribution < 1.29 is 23.9 Å². The summed E-state index contributed by atoms with van der Waals surface area (Å²) in [4.78, 5) is 47.2. The highest BCUT2D eigenvalue weighted by molar-refractivity contribution is 6.05. The molecule has 4 heterocycles. The molecule has 0 radical (unpaired) electrons. The van der Waals surface area contributed by atoms with Gasteiger partial charge in [-0.25, -0.2) is 0 Å². The zero-order valence-electron chi connectivity index (χ0n) is 25.4. The fourth-order valence-electron chi connectivity index (χ4n) is 6.33. The Labute approximate surface area is 261 Å². The summed E-state index contributed by atoms with van der Waals surface area (Å²) in [5, 5.41) is 11.3. The van der Waals surface area contributed by atoms with Crippen molar-refractivity contribution >= 4 is 28.6 Å². The Morgan fingerprint density at radius 2 is 1.89 bits per heavy atom. The summed E-state index contributed by atoms with van der Waals surface area (Å²) in [6, 6.07) is 18.9. The number of benzene rings is 2. The lowest BCUT2D eigenvalue weighted by molar-refractivity contribution is -0.147. The Morgan fingerprint density at radius 1 is 1.07 bits per heavy atom. The van der Waals surface area contributed by atoms with E-state index in [0.29, 0.717) is 67.8 Å². The molecule has 2 aromatic carbocycles. The molecule has 1 fully saturated rings. The summed E-state index contributed by atoms with van der Waals surface area (Å²) in [6.07, 6.45) is 5.06. The first-order valence-electron chi connectivity index (χ1n) is 15.4. The first-order chi connectivity index (χ1) is 22.0. The highest BCUT2D eigenvalue weighted by atomic mass is 16.5. The van der Waals surface area contributed by atoms with Crippen molar-refractivity contribution in [3.05, 3.63) is 89.9 Å². The van der Waals surface area contributed by atoms with E-state index in [-0.39, 0.29) is 43.3 Å². The van der Waals surface area contributed by atoms with Crippen molar-refractivity contribution in [1.29, 1.82) is 0 Å². The fourth-order valence-corrected chi connectivity index (χ4v) is 6.33. The van der Waals surface area contributed by atoms with Gasteiger partial charge in [-0.05, 0) is 60.7 Å². The van der Waals surface area contributed by atoms with Crippen LogP contribution in [0.2, 0.25) is 0 Å². The Balaban J connectivity index is 1.36. The molecule has 4 aromatic rings. The summed E-state index contributed by atoms with van der Waals surface area (Å²) in [5.41, 5.74) is 2.15. The van der Waals surface area contributed by atoms with Crippen LogP contribution in [0.1, 0.15) is 40.4 Å². The fraction of sp³-hybridized carbons (Fsp3) is 0.382. The SMILES string of the molecule is COCCCC1(C(=O)N2CC(c3ccncc3)C2)CNC(=O)c2c3ccccc3nn2CCNC(=O)COc2cccc(c2)C1.